The first-order valence-corrected chi connectivity index (χ1v) is 11.4. The van der Waals surface area contributed by atoms with Gasteiger partial charge in [0.1, 0.15) is 23.6 Å². The third-order valence-corrected chi connectivity index (χ3v) is 6.43. The lowest BCUT2D eigenvalue weighted by Gasteiger charge is -2.40. The highest BCUT2D eigenvalue weighted by Crippen LogP contribution is 2.42. The van der Waals surface area contributed by atoms with Gasteiger partial charge in [0, 0.05) is 31.7 Å². The Morgan fingerprint density at radius 1 is 1.30 bits per heavy atom. The molecular formula is C22H30ClFN4O5. The minimum absolute atomic E-state index is 0.00714. The van der Waals surface area contributed by atoms with Crippen LogP contribution in [0.3, 0.4) is 0 Å². The molecule has 9 nitrogen and oxygen atoms in total. The van der Waals surface area contributed by atoms with Crippen LogP contribution in [0, 0.1) is 5.82 Å². The number of ether oxygens (including phenoxy) is 2. The summed E-state index contributed by atoms with van der Waals surface area (Å²) in [4.78, 5) is 35.3. The second-order valence-electron chi connectivity index (χ2n) is 10.4. The van der Waals surface area contributed by atoms with Gasteiger partial charge in [-0.3, -0.25) is 4.79 Å². The Morgan fingerprint density at radius 2 is 2.00 bits per heavy atom. The molecule has 4 rings (SSSR count). The second kappa shape index (κ2) is 8.16. The quantitative estimate of drug-likeness (QED) is 0.612. The van der Waals surface area contributed by atoms with Crippen molar-refractivity contribution in [2.24, 2.45) is 0 Å². The summed E-state index contributed by atoms with van der Waals surface area (Å²) in [5, 5.41) is 9.84. The largest absolute Gasteiger partial charge is 0.487 e. The van der Waals surface area contributed by atoms with Crippen molar-refractivity contribution < 1.29 is 28.6 Å². The lowest BCUT2D eigenvalue weighted by molar-refractivity contribution is 0.000863. The predicted octanol–water partition coefficient (Wildman–Crippen LogP) is 2.68. The molecule has 0 radical (unpaired) electrons. The monoisotopic (exact) mass is 484 g/mol. The number of halogens is 2. The van der Waals surface area contributed by atoms with Crippen LogP contribution < -0.4 is 9.64 Å². The molecule has 0 saturated carbocycles. The van der Waals surface area contributed by atoms with Gasteiger partial charge in [-0.05, 0) is 41.0 Å². The van der Waals surface area contributed by atoms with Gasteiger partial charge in [0.25, 0.3) is 5.91 Å². The number of anilines is 1. The van der Waals surface area contributed by atoms with Crippen LogP contribution in [0.4, 0.5) is 15.0 Å². The molecule has 0 aliphatic carbocycles. The van der Waals surface area contributed by atoms with E-state index in [1.165, 1.54) is 4.90 Å². The van der Waals surface area contributed by atoms with Gasteiger partial charge in [0.15, 0.2) is 10.9 Å². The summed E-state index contributed by atoms with van der Waals surface area (Å²) in [5.41, 5.74) is -1.18. The normalized spacial score (nSPS) is 24.7. The highest BCUT2D eigenvalue weighted by Gasteiger charge is 2.45. The number of nitrogens with zero attached hydrogens (tertiary/aromatic N) is 4. The number of aromatic nitrogens is 1. The van der Waals surface area contributed by atoms with Crippen LogP contribution in [-0.4, -0.2) is 88.0 Å². The number of hydrogen-bond acceptors (Lipinski definition) is 7. The number of pyridine rings is 1. The fraction of sp³-hybridized carbons (Fsp3) is 0.682. The lowest BCUT2D eigenvalue weighted by atomic mass is 10.0. The second-order valence-corrected chi connectivity index (χ2v) is 10.8. The van der Waals surface area contributed by atoms with Gasteiger partial charge >= 0.3 is 6.09 Å². The Morgan fingerprint density at radius 3 is 2.61 bits per heavy atom. The van der Waals surface area contributed by atoms with E-state index in [0.29, 0.717) is 6.42 Å². The number of hydrogen-bond donors (Lipinski definition) is 1. The van der Waals surface area contributed by atoms with E-state index in [0.717, 1.165) is 0 Å². The summed E-state index contributed by atoms with van der Waals surface area (Å²) in [6, 6.07) is -0.491. The molecule has 0 bridgehead atoms. The molecular weight excluding hydrogens is 455 g/mol. The van der Waals surface area contributed by atoms with Gasteiger partial charge in [-0.1, -0.05) is 11.6 Å². The molecule has 1 N–H and O–H groups in total. The summed E-state index contributed by atoms with van der Waals surface area (Å²) >= 11 is 6.09. The Kier molecular flexibility index (Phi) is 5.89. The molecule has 11 heteroatoms. The molecule has 1 aromatic rings. The zero-order valence-corrected chi connectivity index (χ0v) is 20.3. The van der Waals surface area contributed by atoms with Gasteiger partial charge in [0.2, 0.25) is 5.82 Å². The number of β-amino-alcohol motifs (C(OH)–C–C–N with tert-alkyl or cyclic N) is 1. The van der Waals surface area contributed by atoms with Crippen molar-refractivity contribution in [3.63, 3.8) is 0 Å². The number of amides is 2. The van der Waals surface area contributed by atoms with E-state index in [4.69, 9.17) is 21.1 Å². The summed E-state index contributed by atoms with van der Waals surface area (Å²) in [6.07, 6.45) is -0.626. The first-order valence-electron chi connectivity index (χ1n) is 11.0. The SMILES string of the molecule is CC(C)(C)OC(=O)N1CCN2C(=O)c3c(N4CC(O)CC4(C)C)nc(Cl)c(F)c3OCC2C1. The van der Waals surface area contributed by atoms with Crippen LogP contribution >= 0.6 is 11.6 Å². The molecule has 4 heterocycles. The van der Waals surface area contributed by atoms with Crippen molar-refractivity contribution in [3.05, 3.63) is 16.5 Å². The van der Waals surface area contributed by atoms with Crippen LogP contribution in [0.1, 0.15) is 51.4 Å². The fourth-order valence-corrected chi connectivity index (χ4v) is 4.86. The number of aliphatic hydroxyl groups excluding tert-OH is 1. The standard InChI is InChI=1S/C22H30ClFN4O5/c1-21(2,3)33-20(31)26-6-7-27-12(9-26)11-32-16-14(19(27)30)18(25-17(23)15(16)24)28-10-13(29)8-22(28,4)5/h12-13,29H,6-11H2,1-5H3. The molecule has 3 aliphatic heterocycles. The number of fused-ring (bicyclic) bond motifs is 2. The first-order chi connectivity index (χ1) is 15.3. The first kappa shape index (κ1) is 23.8. The number of carbonyl (C=O) groups excluding carboxylic acids is 2. The zero-order valence-electron chi connectivity index (χ0n) is 19.5. The van der Waals surface area contributed by atoms with Gasteiger partial charge in [-0.15, -0.1) is 0 Å². The Hall–Kier alpha value is -2.33. The van der Waals surface area contributed by atoms with Gasteiger partial charge in [-0.2, -0.15) is 4.39 Å². The summed E-state index contributed by atoms with van der Waals surface area (Å²) < 4.78 is 26.2. The van der Waals surface area contributed by atoms with E-state index < -0.39 is 46.3 Å². The van der Waals surface area contributed by atoms with Crippen LogP contribution in [-0.2, 0) is 4.74 Å². The van der Waals surface area contributed by atoms with E-state index in [-0.39, 0.29) is 49.9 Å². The molecule has 1 aromatic heterocycles. The lowest BCUT2D eigenvalue weighted by Crippen LogP contribution is -2.58. The van der Waals surface area contributed by atoms with E-state index in [1.54, 1.807) is 30.6 Å². The molecule has 182 valence electrons. The molecule has 2 unspecified atom stereocenters. The molecule has 2 saturated heterocycles. The summed E-state index contributed by atoms with van der Waals surface area (Å²) in [7, 11) is 0. The van der Waals surface area contributed by atoms with Crippen LogP contribution in [0.2, 0.25) is 5.15 Å². The maximum absolute atomic E-state index is 15.0. The van der Waals surface area contributed by atoms with Gasteiger partial charge in [0.05, 0.1) is 12.1 Å². The van der Waals surface area contributed by atoms with Crippen molar-refractivity contribution in [2.45, 2.75) is 64.3 Å². The Labute approximate surface area is 197 Å². The Bertz CT molecular complexity index is 983. The van der Waals surface area contributed by atoms with Crippen molar-refractivity contribution >= 4 is 29.4 Å². The number of rotatable bonds is 1. The van der Waals surface area contributed by atoms with Crippen LogP contribution in [0.25, 0.3) is 0 Å². The Balaban J connectivity index is 1.68. The highest BCUT2D eigenvalue weighted by atomic mass is 35.5. The van der Waals surface area contributed by atoms with E-state index in [2.05, 4.69) is 4.98 Å². The van der Waals surface area contributed by atoms with Crippen molar-refractivity contribution in [1.29, 1.82) is 0 Å². The number of carbonyl (C=O) groups is 2. The maximum atomic E-state index is 15.0. The number of aliphatic hydroxyl groups is 1. The van der Waals surface area contributed by atoms with Crippen molar-refractivity contribution in [2.75, 3.05) is 37.7 Å². The fourth-order valence-electron chi connectivity index (χ4n) is 4.69. The van der Waals surface area contributed by atoms with Crippen molar-refractivity contribution in [1.82, 2.24) is 14.8 Å². The summed E-state index contributed by atoms with van der Waals surface area (Å²) in [5.74, 6) is -1.39. The third kappa shape index (κ3) is 4.42. The van der Waals surface area contributed by atoms with E-state index in [9.17, 15) is 19.1 Å². The minimum Gasteiger partial charge on any atom is -0.487 e. The molecule has 0 aromatic carbocycles. The van der Waals surface area contributed by atoms with Gasteiger partial charge in [-0.25, -0.2) is 9.78 Å². The third-order valence-electron chi connectivity index (χ3n) is 6.18. The average Bonchev–Trinajstić information content (AvgIpc) is 2.89. The molecule has 33 heavy (non-hydrogen) atoms. The predicted molar refractivity (Wildman–Crippen MR) is 119 cm³/mol. The van der Waals surface area contributed by atoms with E-state index in [1.807, 2.05) is 13.8 Å². The molecule has 0 spiro atoms. The maximum Gasteiger partial charge on any atom is 0.410 e. The van der Waals surface area contributed by atoms with Gasteiger partial charge < -0.3 is 29.3 Å². The summed E-state index contributed by atoms with van der Waals surface area (Å²) in [6.45, 7) is 10.1. The molecule has 2 atom stereocenters. The number of piperazine rings is 1. The zero-order chi connectivity index (χ0) is 24.3. The minimum atomic E-state index is -0.898. The topological polar surface area (TPSA) is 95.4 Å². The molecule has 2 amide bonds. The van der Waals surface area contributed by atoms with Crippen molar-refractivity contribution in [3.8, 4) is 5.75 Å². The average molecular weight is 485 g/mol. The smallest absolute Gasteiger partial charge is 0.410 e. The van der Waals surface area contributed by atoms with Crippen LogP contribution in [0.15, 0.2) is 0 Å². The molecule has 2 fully saturated rings. The highest BCUT2D eigenvalue weighted by molar-refractivity contribution is 6.30. The van der Waals surface area contributed by atoms with Crippen LogP contribution in [0.5, 0.6) is 5.75 Å². The van der Waals surface area contributed by atoms with E-state index >= 15 is 0 Å². The molecule has 3 aliphatic rings.